The van der Waals surface area contributed by atoms with Crippen LogP contribution in [-0.4, -0.2) is 10.9 Å². The molecular formula is C21H21N3O2. The fraction of sp³-hybridized carbons (Fsp3) is 0.143. The largest absolute Gasteiger partial charge is 0.457 e. The van der Waals surface area contributed by atoms with Crippen molar-refractivity contribution in [3.63, 3.8) is 0 Å². The molecule has 1 amide bonds. The normalized spacial score (nSPS) is 10.4. The minimum Gasteiger partial charge on any atom is -0.457 e. The monoisotopic (exact) mass is 347 g/mol. The second-order valence-corrected chi connectivity index (χ2v) is 6.22. The molecule has 0 unspecified atom stereocenters. The van der Waals surface area contributed by atoms with E-state index in [-0.39, 0.29) is 11.7 Å². The highest BCUT2D eigenvalue weighted by Gasteiger charge is 2.13. The van der Waals surface area contributed by atoms with E-state index in [0.29, 0.717) is 17.0 Å². The average Bonchev–Trinajstić information content (AvgIpc) is 2.60. The summed E-state index contributed by atoms with van der Waals surface area (Å²) in [6, 6.07) is 16.8. The number of anilines is 2. The summed E-state index contributed by atoms with van der Waals surface area (Å²) in [7, 11) is 0. The van der Waals surface area contributed by atoms with Crippen LogP contribution < -0.4 is 15.8 Å². The third kappa shape index (κ3) is 4.00. The molecule has 0 saturated heterocycles. The predicted octanol–water partition coefficient (Wildman–Crippen LogP) is 4.63. The molecule has 0 atom stereocenters. The summed E-state index contributed by atoms with van der Waals surface area (Å²) in [5.41, 5.74) is 9.77. The standard InChI is InChI=1S/C21H21N3O2/c1-13-5-4-6-18(11-13)26-17-9-7-16(8-10-17)24-21(25)19-12-14(2)15(3)23-20(19)22/h4-12H,1-3H3,(H2,22,23)(H,24,25). The molecule has 0 spiro atoms. The SMILES string of the molecule is Cc1cccc(Oc2ccc(NC(=O)c3cc(C)c(C)nc3N)cc2)c1. The zero-order valence-electron chi connectivity index (χ0n) is 15.0. The fourth-order valence-corrected chi connectivity index (χ4v) is 2.53. The number of pyridine rings is 1. The number of ether oxygens (including phenoxy) is 1. The van der Waals surface area contributed by atoms with Gasteiger partial charge in [0.2, 0.25) is 0 Å². The van der Waals surface area contributed by atoms with Crippen molar-refractivity contribution in [2.24, 2.45) is 0 Å². The lowest BCUT2D eigenvalue weighted by atomic mass is 10.1. The Morgan fingerprint density at radius 2 is 1.73 bits per heavy atom. The Hall–Kier alpha value is -3.34. The summed E-state index contributed by atoms with van der Waals surface area (Å²) in [6.45, 7) is 5.77. The van der Waals surface area contributed by atoms with Crippen molar-refractivity contribution in [3.8, 4) is 11.5 Å². The van der Waals surface area contributed by atoms with Crippen LogP contribution in [0.1, 0.15) is 27.2 Å². The Morgan fingerprint density at radius 3 is 2.42 bits per heavy atom. The van der Waals surface area contributed by atoms with E-state index in [1.54, 1.807) is 30.3 Å². The molecular weight excluding hydrogens is 326 g/mol. The van der Waals surface area contributed by atoms with Crippen molar-refractivity contribution >= 4 is 17.4 Å². The van der Waals surface area contributed by atoms with Crippen molar-refractivity contribution in [3.05, 3.63) is 77.0 Å². The number of nitrogens with one attached hydrogen (secondary N) is 1. The van der Waals surface area contributed by atoms with Gasteiger partial charge in [0, 0.05) is 11.4 Å². The van der Waals surface area contributed by atoms with Gasteiger partial charge >= 0.3 is 0 Å². The van der Waals surface area contributed by atoms with Crippen LogP contribution in [0.5, 0.6) is 11.5 Å². The molecule has 5 heteroatoms. The average molecular weight is 347 g/mol. The number of aromatic nitrogens is 1. The number of nitrogens with two attached hydrogens (primary N) is 1. The molecule has 1 aromatic heterocycles. The predicted molar refractivity (Wildman–Crippen MR) is 104 cm³/mol. The zero-order chi connectivity index (χ0) is 18.7. The highest BCUT2D eigenvalue weighted by molar-refractivity contribution is 6.07. The number of rotatable bonds is 4. The molecule has 5 nitrogen and oxygen atoms in total. The lowest BCUT2D eigenvalue weighted by Gasteiger charge is -2.10. The fourth-order valence-electron chi connectivity index (χ4n) is 2.53. The van der Waals surface area contributed by atoms with Gasteiger partial charge in [0.25, 0.3) is 5.91 Å². The highest BCUT2D eigenvalue weighted by Crippen LogP contribution is 2.24. The Morgan fingerprint density at radius 1 is 1.00 bits per heavy atom. The second-order valence-electron chi connectivity index (χ2n) is 6.22. The molecule has 3 N–H and O–H groups in total. The maximum atomic E-state index is 12.4. The van der Waals surface area contributed by atoms with Gasteiger partial charge < -0.3 is 15.8 Å². The Kier molecular flexibility index (Phi) is 4.89. The molecule has 0 radical (unpaired) electrons. The number of amides is 1. The molecule has 26 heavy (non-hydrogen) atoms. The van der Waals surface area contributed by atoms with Crippen molar-refractivity contribution in [1.82, 2.24) is 4.98 Å². The van der Waals surface area contributed by atoms with Crippen LogP contribution in [0, 0.1) is 20.8 Å². The zero-order valence-corrected chi connectivity index (χ0v) is 15.0. The summed E-state index contributed by atoms with van der Waals surface area (Å²) >= 11 is 0. The number of aryl methyl sites for hydroxylation is 3. The quantitative estimate of drug-likeness (QED) is 0.721. The molecule has 1 heterocycles. The van der Waals surface area contributed by atoms with Gasteiger partial charge in [0.15, 0.2) is 0 Å². The van der Waals surface area contributed by atoms with Crippen LogP contribution in [0.4, 0.5) is 11.5 Å². The van der Waals surface area contributed by atoms with Gasteiger partial charge in [0.1, 0.15) is 17.3 Å². The molecule has 0 saturated carbocycles. The molecule has 0 aliphatic heterocycles. The van der Waals surface area contributed by atoms with Crippen LogP contribution in [0.15, 0.2) is 54.6 Å². The first kappa shape index (κ1) is 17.5. The molecule has 0 bridgehead atoms. The first-order chi connectivity index (χ1) is 12.4. The summed E-state index contributed by atoms with van der Waals surface area (Å²) < 4.78 is 5.81. The minimum atomic E-state index is -0.287. The smallest absolute Gasteiger partial charge is 0.259 e. The number of nitrogen functional groups attached to an aromatic ring is 1. The molecule has 0 fully saturated rings. The van der Waals surface area contributed by atoms with Crippen LogP contribution in [0.3, 0.4) is 0 Å². The van der Waals surface area contributed by atoms with E-state index in [2.05, 4.69) is 10.3 Å². The van der Waals surface area contributed by atoms with Crippen LogP contribution in [0.2, 0.25) is 0 Å². The Labute approximate surface area is 152 Å². The van der Waals surface area contributed by atoms with Gasteiger partial charge in [-0.05, 0) is 74.4 Å². The molecule has 3 aromatic rings. The third-order valence-electron chi connectivity index (χ3n) is 4.08. The van der Waals surface area contributed by atoms with Crippen molar-refractivity contribution < 1.29 is 9.53 Å². The number of hydrogen-bond acceptors (Lipinski definition) is 4. The number of hydrogen-bond donors (Lipinski definition) is 2. The highest BCUT2D eigenvalue weighted by atomic mass is 16.5. The van der Waals surface area contributed by atoms with Gasteiger partial charge in [-0.2, -0.15) is 0 Å². The van der Waals surface area contributed by atoms with Crippen molar-refractivity contribution in [2.75, 3.05) is 11.1 Å². The molecule has 2 aromatic carbocycles. The lowest BCUT2D eigenvalue weighted by Crippen LogP contribution is -2.15. The van der Waals surface area contributed by atoms with E-state index in [1.165, 1.54) is 0 Å². The number of carbonyl (C=O) groups is 1. The van der Waals surface area contributed by atoms with Gasteiger partial charge in [-0.15, -0.1) is 0 Å². The van der Waals surface area contributed by atoms with E-state index in [0.717, 1.165) is 22.6 Å². The van der Waals surface area contributed by atoms with E-state index in [1.807, 2.05) is 45.0 Å². The lowest BCUT2D eigenvalue weighted by molar-refractivity contribution is 0.102. The number of carbonyl (C=O) groups excluding carboxylic acids is 1. The molecule has 0 aliphatic carbocycles. The number of nitrogens with zero attached hydrogens (tertiary/aromatic N) is 1. The summed E-state index contributed by atoms with van der Waals surface area (Å²) in [4.78, 5) is 16.7. The van der Waals surface area contributed by atoms with Gasteiger partial charge in [0.05, 0.1) is 5.56 Å². The maximum Gasteiger partial charge on any atom is 0.259 e. The van der Waals surface area contributed by atoms with Gasteiger partial charge in [-0.1, -0.05) is 12.1 Å². The third-order valence-corrected chi connectivity index (χ3v) is 4.08. The topological polar surface area (TPSA) is 77.2 Å². The van der Waals surface area contributed by atoms with E-state index in [9.17, 15) is 4.79 Å². The van der Waals surface area contributed by atoms with Gasteiger partial charge in [-0.25, -0.2) is 4.98 Å². The number of benzene rings is 2. The summed E-state index contributed by atoms with van der Waals surface area (Å²) in [5.74, 6) is 1.41. The van der Waals surface area contributed by atoms with Crippen LogP contribution in [-0.2, 0) is 0 Å². The molecule has 132 valence electrons. The molecule has 0 aliphatic rings. The van der Waals surface area contributed by atoms with Gasteiger partial charge in [-0.3, -0.25) is 4.79 Å². The molecule has 3 rings (SSSR count). The van der Waals surface area contributed by atoms with E-state index < -0.39 is 0 Å². The van der Waals surface area contributed by atoms with Crippen molar-refractivity contribution in [1.29, 1.82) is 0 Å². The minimum absolute atomic E-state index is 0.227. The second kappa shape index (κ2) is 7.27. The Bertz CT molecular complexity index is 950. The van der Waals surface area contributed by atoms with E-state index >= 15 is 0 Å². The van der Waals surface area contributed by atoms with Crippen LogP contribution in [0.25, 0.3) is 0 Å². The van der Waals surface area contributed by atoms with E-state index in [4.69, 9.17) is 10.5 Å². The summed E-state index contributed by atoms with van der Waals surface area (Å²) in [5, 5.41) is 2.83. The first-order valence-electron chi connectivity index (χ1n) is 8.32. The van der Waals surface area contributed by atoms with Crippen LogP contribution >= 0.6 is 0 Å². The summed E-state index contributed by atoms with van der Waals surface area (Å²) in [6.07, 6.45) is 0. The Balaban J connectivity index is 1.71. The van der Waals surface area contributed by atoms with Crippen molar-refractivity contribution in [2.45, 2.75) is 20.8 Å². The first-order valence-corrected chi connectivity index (χ1v) is 8.32. The maximum absolute atomic E-state index is 12.4.